The van der Waals surface area contributed by atoms with Gasteiger partial charge in [0, 0.05) is 11.5 Å². The third kappa shape index (κ3) is 3.70. The molecule has 3 heteroatoms. The number of quaternary nitrogens is 1. The molecule has 0 saturated carbocycles. The van der Waals surface area contributed by atoms with Gasteiger partial charge in [0.25, 0.3) is 0 Å². The van der Waals surface area contributed by atoms with Crippen LogP contribution in [0.25, 0.3) is 0 Å². The van der Waals surface area contributed by atoms with Crippen LogP contribution in [0, 0.1) is 17.8 Å². The van der Waals surface area contributed by atoms with Crippen LogP contribution < -0.4 is 4.74 Å². The number of para-hydroxylation sites is 1. The van der Waals surface area contributed by atoms with E-state index in [0.717, 1.165) is 36.0 Å². The van der Waals surface area contributed by atoms with Crippen molar-refractivity contribution in [2.24, 2.45) is 5.92 Å². The number of hydrogen-bond donors (Lipinski definition) is 0. The molecule has 1 aromatic rings. The van der Waals surface area contributed by atoms with E-state index in [1.807, 2.05) is 0 Å². The second kappa shape index (κ2) is 7.39. The average Bonchev–Trinajstić information content (AvgIpc) is 2.68. The topological polar surface area (TPSA) is 18.5 Å². The summed E-state index contributed by atoms with van der Waals surface area (Å²) in [5.74, 6) is 8.44. The predicted molar refractivity (Wildman–Crippen MR) is 113 cm³/mol. The Hall–Kier alpha value is -1.50. The minimum Gasteiger partial charge on any atom is -0.487 e. The highest BCUT2D eigenvalue weighted by molar-refractivity contribution is 5.39. The Kier molecular flexibility index (Phi) is 5.23. The van der Waals surface area contributed by atoms with E-state index in [0.29, 0.717) is 5.92 Å². The summed E-state index contributed by atoms with van der Waals surface area (Å²) in [6, 6.07) is 8.40. The van der Waals surface area contributed by atoms with E-state index in [9.17, 15) is 0 Å². The van der Waals surface area contributed by atoms with Crippen molar-refractivity contribution in [1.82, 2.24) is 0 Å². The molecule has 3 heterocycles. The van der Waals surface area contributed by atoms with E-state index in [2.05, 4.69) is 63.9 Å². The van der Waals surface area contributed by atoms with Gasteiger partial charge in [-0.3, -0.25) is 0 Å². The zero-order valence-corrected chi connectivity index (χ0v) is 18.1. The largest absolute Gasteiger partial charge is 0.487 e. The summed E-state index contributed by atoms with van der Waals surface area (Å²) >= 11 is 0. The maximum Gasteiger partial charge on any atom is 0.140 e. The predicted octanol–water partition coefficient (Wildman–Crippen LogP) is 5.11. The molecule has 4 rings (SSSR count). The summed E-state index contributed by atoms with van der Waals surface area (Å²) < 4.78 is 14.3. The van der Waals surface area contributed by atoms with Crippen LogP contribution in [0.5, 0.6) is 5.75 Å². The molecule has 0 N–H and O–H groups in total. The van der Waals surface area contributed by atoms with Crippen molar-refractivity contribution >= 4 is 0 Å². The highest BCUT2D eigenvalue weighted by atomic mass is 16.5. The first-order chi connectivity index (χ1) is 13.4. The highest BCUT2D eigenvalue weighted by Crippen LogP contribution is 2.53. The van der Waals surface area contributed by atoms with Crippen LogP contribution in [-0.4, -0.2) is 42.4 Å². The van der Waals surface area contributed by atoms with E-state index in [1.54, 1.807) is 0 Å². The second-order valence-corrected chi connectivity index (χ2v) is 9.81. The van der Waals surface area contributed by atoms with Crippen LogP contribution in [0.3, 0.4) is 0 Å². The number of piperidine rings is 1. The lowest BCUT2D eigenvalue weighted by Crippen LogP contribution is -2.52. The number of fused-ring (bicyclic) bond motifs is 3. The lowest BCUT2D eigenvalue weighted by molar-refractivity contribution is -0.907. The molecule has 3 nitrogen and oxygen atoms in total. The quantitative estimate of drug-likeness (QED) is 0.523. The maximum atomic E-state index is 6.76. The zero-order valence-electron chi connectivity index (χ0n) is 18.1. The first kappa shape index (κ1) is 19.8. The molecule has 0 bridgehead atoms. The maximum absolute atomic E-state index is 6.76. The van der Waals surface area contributed by atoms with Crippen molar-refractivity contribution in [2.45, 2.75) is 76.6 Å². The van der Waals surface area contributed by atoms with Gasteiger partial charge in [-0.15, -0.1) is 0 Å². The number of benzene rings is 1. The van der Waals surface area contributed by atoms with Crippen molar-refractivity contribution in [1.29, 1.82) is 0 Å². The summed E-state index contributed by atoms with van der Waals surface area (Å²) in [5.41, 5.74) is 0.663. The highest BCUT2D eigenvalue weighted by Gasteiger charge is 2.51. The van der Waals surface area contributed by atoms with Gasteiger partial charge in [-0.2, -0.15) is 0 Å². The molecule has 3 aliphatic heterocycles. The van der Waals surface area contributed by atoms with Gasteiger partial charge >= 0.3 is 0 Å². The minimum absolute atomic E-state index is 0.0720. The summed E-state index contributed by atoms with van der Waals surface area (Å²) in [6.07, 6.45) is 7.19. The Balaban J connectivity index is 1.55. The normalized spacial score (nSPS) is 36.3. The van der Waals surface area contributed by atoms with Crippen LogP contribution in [0.1, 0.15) is 71.0 Å². The molecule has 0 spiro atoms. The van der Waals surface area contributed by atoms with E-state index >= 15 is 0 Å². The molecular weight excluding hydrogens is 346 g/mol. The van der Waals surface area contributed by atoms with Gasteiger partial charge in [0.05, 0.1) is 26.2 Å². The summed E-state index contributed by atoms with van der Waals surface area (Å²) in [4.78, 5) is 0. The van der Waals surface area contributed by atoms with Crippen molar-refractivity contribution in [3.63, 3.8) is 0 Å². The van der Waals surface area contributed by atoms with E-state index < -0.39 is 0 Å². The molecule has 4 atom stereocenters. The molecule has 1 aromatic carbocycles. The van der Waals surface area contributed by atoms with E-state index in [1.165, 1.54) is 37.9 Å². The van der Waals surface area contributed by atoms with Gasteiger partial charge in [0.1, 0.15) is 23.5 Å². The Morgan fingerprint density at radius 2 is 1.89 bits per heavy atom. The molecule has 28 heavy (non-hydrogen) atoms. The number of likely N-dealkylation sites (tertiary alicyclic amines) is 1. The lowest BCUT2D eigenvalue weighted by Gasteiger charge is -2.51. The molecule has 3 aliphatic rings. The van der Waals surface area contributed by atoms with E-state index in [-0.39, 0.29) is 17.3 Å². The third-order valence-corrected chi connectivity index (χ3v) is 7.45. The van der Waals surface area contributed by atoms with Crippen LogP contribution in [0.4, 0.5) is 0 Å². The molecule has 0 radical (unpaired) electrons. The Morgan fingerprint density at radius 1 is 1.14 bits per heavy atom. The smallest absolute Gasteiger partial charge is 0.140 e. The Labute approximate surface area is 171 Å². The number of hydrogen-bond acceptors (Lipinski definition) is 2. The molecule has 2 saturated heterocycles. The monoisotopic (exact) mass is 382 g/mol. The Morgan fingerprint density at radius 3 is 2.64 bits per heavy atom. The standard InChI is InChI=1S/C25H36NO2/c1-5-25(3)21-14-16-24(2,15-11-19-26(4)17-9-6-10-18-26)28-23(21)20-12-7-8-13-22(20)27-25/h7-8,12-13,21,23H,5-6,9-10,14,16-19H2,1-4H3/q+1/t21-,23+,24+,25+/m0/s1. The van der Waals surface area contributed by atoms with Gasteiger partial charge in [-0.1, -0.05) is 31.0 Å². The molecule has 0 aromatic heterocycles. The number of nitrogens with zero attached hydrogens (tertiary/aromatic N) is 1. The number of rotatable bonds is 2. The van der Waals surface area contributed by atoms with Crippen LogP contribution in [-0.2, 0) is 4.74 Å². The SMILES string of the molecule is CC[C@@]1(C)Oc2ccccc2[C@H]2O[C@](C)(C#CC[N+]3(C)CCCCC3)CC[C@@H]21. The fourth-order valence-electron chi connectivity index (χ4n) is 5.32. The second-order valence-electron chi connectivity index (χ2n) is 9.81. The summed E-state index contributed by atoms with van der Waals surface area (Å²) in [7, 11) is 2.36. The summed E-state index contributed by atoms with van der Waals surface area (Å²) in [6.45, 7) is 10.1. The van der Waals surface area contributed by atoms with Gasteiger partial charge in [0.15, 0.2) is 0 Å². The average molecular weight is 383 g/mol. The molecule has 152 valence electrons. The van der Waals surface area contributed by atoms with Gasteiger partial charge in [-0.25, -0.2) is 0 Å². The van der Waals surface area contributed by atoms with Crippen molar-refractivity contribution in [3.8, 4) is 17.6 Å². The van der Waals surface area contributed by atoms with Gasteiger partial charge in [0.2, 0.25) is 0 Å². The molecule has 0 unspecified atom stereocenters. The van der Waals surface area contributed by atoms with Crippen LogP contribution >= 0.6 is 0 Å². The molecule has 0 aliphatic carbocycles. The number of ether oxygens (including phenoxy) is 2. The van der Waals surface area contributed by atoms with Crippen molar-refractivity contribution < 1.29 is 14.0 Å². The van der Waals surface area contributed by atoms with Gasteiger partial charge in [-0.05, 0) is 64.4 Å². The summed E-state index contributed by atoms with van der Waals surface area (Å²) in [5, 5.41) is 0. The minimum atomic E-state index is -0.366. The first-order valence-corrected chi connectivity index (χ1v) is 11.2. The van der Waals surface area contributed by atoms with Crippen molar-refractivity contribution in [3.05, 3.63) is 29.8 Å². The fraction of sp³-hybridized carbons (Fsp3) is 0.680. The molecule has 0 amide bonds. The van der Waals surface area contributed by atoms with Crippen LogP contribution in [0.15, 0.2) is 24.3 Å². The molecular formula is C25H36NO2+. The van der Waals surface area contributed by atoms with Crippen LogP contribution in [0.2, 0.25) is 0 Å². The van der Waals surface area contributed by atoms with E-state index in [4.69, 9.17) is 9.47 Å². The van der Waals surface area contributed by atoms with Crippen molar-refractivity contribution in [2.75, 3.05) is 26.7 Å². The molecule has 2 fully saturated rings. The third-order valence-electron chi connectivity index (χ3n) is 7.45. The van der Waals surface area contributed by atoms with Gasteiger partial charge < -0.3 is 14.0 Å². The zero-order chi connectivity index (χ0) is 19.8. The lowest BCUT2D eigenvalue weighted by atomic mass is 9.71. The Bertz CT molecular complexity index is 772. The first-order valence-electron chi connectivity index (χ1n) is 11.2. The fourth-order valence-corrected chi connectivity index (χ4v) is 5.32.